The van der Waals surface area contributed by atoms with Gasteiger partial charge in [-0.05, 0) is 30.9 Å². The topological polar surface area (TPSA) is 30.0 Å². The molecule has 0 fully saturated rings. The number of aryl methyl sites for hydroxylation is 2. The minimum absolute atomic E-state index is 0.637. The van der Waals surface area contributed by atoms with Crippen molar-refractivity contribution in [3.8, 4) is 0 Å². The Morgan fingerprint density at radius 2 is 2.21 bits per heavy atom. The predicted octanol–water partition coefficient (Wildman–Crippen LogP) is 2.56. The fraction of sp³-hybridized carbons (Fsp3) is 0.500. The smallest absolute Gasteiger partial charge is 0.120 e. The number of aldehydes is 1. The first-order chi connectivity index (χ1) is 6.86. The molecular weight excluding hydrogens is 174 g/mol. The number of unbranched alkanes of at least 4 members (excludes halogenated alkanes) is 1. The monoisotopic (exact) mass is 191 g/mol. The molecule has 0 aliphatic rings. The Labute approximate surface area is 85.4 Å². The van der Waals surface area contributed by atoms with Crippen molar-refractivity contribution in [2.24, 2.45) is 0 Å². The molecule has 0 radical (unpaired) electrons. The van der Waals surface area contributed by atoms with Gasteiger partial charge in [0, 0.05) is 18.3 Å². The fourth-order valence-corrected chi connectivity index (χ4v) is 1.41. The molecule has 1 aromatic heterocycles. The van der Waals surface area contributed by atoms with Crippen LogP contribution in [0.3, 0.4) is 0 Å². The van der Waals surface area contributed by atoms with Gasteiger partial charge < -0.3 is 4.79 Å². The van der Waals surface area contributed by atoms with Crippen molar-refractivity contribution in [1.82, 2.24) is 4.98 Å². The second-order valence-corrected chi connectivity index (χ2v) is 3.47. The second-order valence-electron chi connectivity index (χ2n) is 3.47. The first-order valence-corrected chi connectivity index (χ1v) is 5.24. The Balaban J connectivity index is 2.42. The lowest BCUT2D eigenvalue weighted by molar-refractivity contribution is -0.107. The van der Waals surface area contributed by atoms with Gasteiger partial charge in [-0.1, -0.05) is 19.4 Å². The molecule has 0 bridgehead atoms. The Bertz CT molecular complexity index is 266. The highest BCUT2D eigenvalue weighted by molar-refractivity contribution is 5.49. The zero-order valence-corrected chi connectivity index (χ0v) is 8.70. The van der Waals surface area contributed by atoms with Gasteiger partial charge in [-0.2, -0.15) is 0 Å². The van der Waals surface area contributed by atoms with Gasteiger partial charge in [-0.3, -0.25) is 4.98 Å². The van der Waals surface area contributed by atoms with E-state index in [1.807, 2.05) is 6.20 Å². The maximum atomic E-state index is 10.1. The number of carbonyl (C=O) groups is 1. The summed E-state index contributed by atoms with van der Waals surface area (Å²) in [6, 6.07) is 4.20. The molecule has 0 aliphatic carbocycles. The second kappa shape index (κ2) is 6.30. The molecule has 0 atom stereocenters. The predicted molar refractivity (Wildman–Crippen MR) is 57.2 cm³/mol. The lowest BCUT2D eigenvalue weighted by atomic mass is 10.1. The number of nitrogens with zero attached hydrogens (tertiary/aromatic N) is 1. The molecule has 0 amide bonds. The molecule has 1 rings (SSSR count). The summed E-state index contributed by atoms with van der Waals surface area (Å²) in [6.45, 7) is 2.16. The van der Waals surface area contributed by atoms with Crippen molar-refractivity contribution >= 4 is 6.29 Å². The van der Waals surface area contributed by atoms with Gasteiger partial charge in [0.05, 0.1) is 0 Å². The third kappa shape index (κ3) is 3.69. The van der Waals surface area contributed by atoms with E-state index in [4.69, 9.17) is 0 Å². The van der Waals surface area contributed by atoms with Crippen LogP contribution in [0.1, 0.15) is 37.4 Å². The average Bonchev–Trinajstić information content (AvgIpc) is 2.21. The Kier molecular flexibility index (Phi) is 4.90. The van der Waals surface area contributed by atoms with Crippen LogP contribution in [0.2, 0.25) is 0 Å². The van der Waals surface area contributed by atoms with E-state index in [0.717, 1.165) is 37.7 Å². The van der Waals surface area contributed by atoms with Crippen LogP contribution in [0.25, 0.3) is 0 Å². The molecule has 1 heterocycles. The van der Waals surface area contributed by atoms with E-state index in [2.05, 4.69) is 24.0 Å². The Hall–Kier alpha value is -1.18. The van der Waals surface area contributed by atoms with Gasteiger partial charge in [0.2, 0.25) is 0 Å². The van der Waals surface area contributed by atoms with E-state index in [-0.39, 0.29) is 0 Å². The summed E-state index contributed by atoms with van der Waals surface area (Å²) in [5.74, 6) is 0. The van der Waals surface area contributed by atoms with E-state index in [1.54, 1.807) is 0 Å². The minimum Gasteiger partial charge on any atom is -0.303 e. The molecule has 0 saturated carbocycles. The summed E-state index contributed by atoms with van der Waals surface area (Å²) in [7, 11) is 0. The van der Waals surface area contributed by atoms with Gasteiger partial charge in [0.15, 0.2) is 0 Å². The van der Waals surface area contributed by atoms with E-state index < -0.39 is 0 Å². The first-order valence-electron chi connectivity index (χ1n) is 5.24. The lowest BCUT2D eigenvalue weighted by Crippen LogP contribution is -1.92. The van der Waals surface area contributed by atoms with Crippen molar-refractivity contribution in [3.63, 3.8) is 0 Å². The molecule has 2 nitrogen and oxygen atoms in total. The standard InChI is InChI=1S/C12H17NO/c1-2-5-11-7-8-12(13-10-11)6-3-4-9-14/h7-10H,2-6H2,1H3. The van der Waals surface area contributed by atoms with E-state index in [9.17, 15) is 4.79 Å². The highest BCUT2D eigenvalue weighted by Gasteiger charge is 1.95. The van der Waals surface area contributed by atoms with Crippen LogP contribution in [0.4, 0.5) is 0 Å². The van der Waals surface area contributed by atoms with Crippen LogP contribution in [-0.2, 0) is 17.6 Å². The Morgan fingerprint density at radius 1 is 1.36 bits per heavy atom. The van der Waals surface area contributed by atoms with Crippen LogP contribution >= 0.6 is 0 Å². The van der Waals surface area contributed by atoms with Gasteiger partial charge in [-0.25, -0.2) is 0 Å². The van der Waals surface area contributed by atoms with E-state index in [1.165, 1.54) is 5.56 Å². The van der Waals surface area contributed by atoms with Crippen LogP contribution < -0.4 is 0 Å². The Morgan fingerprint density at radius 3 is 2.79 bits per heavy atom. The number of hydrogen-bond donors (Lipinski definition) is 0. The quantitative estimate of drug-likeness (QED) is 0.511. The molecular formula is C12H17NO. The normalized spacial score (nSPS) is 10.1. The number of rotatable bonds is 6. The summed E-state index contributed by atoms with van der Waals surface area (Å²) in [5, 5.41) is 0. The molecule has 76 valence electrons. The SMILES string of the molecule is CCCc1ccc(CCCC=O)nc1. The van der Waals surface area contributed by atoms with Gasteiger partial charge in [0.25, 0.3) is 0 Å². The highest BCUT2D eigenvalue weighted by atomic mass is 16.1. The number of carbonyl (C=O) groups excluding carboxylic acids is 1. The van der Waals surface area contributed by atoms with Crippen LogP contribution in [0.5, 0.6) is 0 Å². The van der Waals surface area contributed by atoms with Crippen LogP contribution in [-0.4, -0.2) is 11.3 Å². The summed E-state index contributed by atoms with van der Waals surface area (Å²) >= 11 is 0. The third-order valence-corrected chi connectivity index (χ3v) is 2.18. The number of hydrogen-bond acceptors (Lipinski definition) is 2. The molecule has 0 aromatic carbocycles. The third-order valence-electron chi connectivity index (χ3n) is 2.18. The van der Waals surface area contributed by atoms with Crippen LogP contribution in [0.15, 0.2) is 18.3 Å². The molecule has 0 N–H and O–H groups in total. The zero-order chi connectivity index (χ0) is 10.2. The lowest BCUT2D eigenvalue weighted by Gasteiger charge is -2.00. The molecule has 0 unspecified atom stereocenters. The van der Waals surface area contributed by atoms with Crippen molar-refractivity contribution < 1.29 is 4.79 Å². The molecule has 0 aliphatic heterocycles. The average molecular weight is 191 g/mol. The maximum absolute atomic E-state index is 10.1. The van der Waals surface area contributed by atoms with Crippen LogP contribution in [0, 0.1) is 0 Å². The largest absolute Gasteiger partial charge is 0.303 e. The zero-order valence-electron chi connectivity index (χ0n) is 8.70. The fourth-order valence-electron chi connectivity index (χ4n) is 1.41. The van der Waals surface area contributed by atoms with Crippen molar-refractivity contribution in [3.05, 3.63) is 29.6 Å². The number of aromatic nitrogens is 1. The maximum Gasteiger partial charge on any atom is 0.120 e. The number of pyridine rings is 1. The van der Waals surface area contributed by atoms with Gasteiger partial charge in [-0.15, -0.1) is 0 Å². The minimum atomic E-state index is 0.637. The molecule has 0 spiro atoms. The highest BCUT2D eigenvalue weighted by Crippen LogP contribution is 2.05. The summed E-state index contributed by atoms with van der Waals surface area (Å²) in [4.78, 5) is 14.5. The molecule has 2 heteroatoms. The molecule has 1 aromatic rings. The van der Waals surface area contributed by atoms with Gasteiger partial charge >= 0.3 is 0 Å². The van der Waals surface area contributed by atoms with E-state index in [0.29, 0.717) is 6.42 Å². The van der Waals surface area contributed by atoms with Crippen molar-refractivity contribution in [2.75, 3.05) is 0 Å². The van der Waals surface area contributed by atoms with Gasteiger partial charge in [0.1, 0.15) is 6.29 Å². The summed E-state index contributed by atoms with van der Waals surface area (Å²) in [6.07, 6.45) is 7.62. The van der Waals surface area contributed by atoms with E-state index >= 15 is 0 Å². The molecule has 14 heavy (non-hydrogen) atoms. The first kappa shape index (κ1) is 10.9. The molecule has 0 saturated heterocycles. The summed E-state index contributed by atoms with van der Waals surface area (Å²) in [5.41, 5.74) is 2.39. The van der Waals surface area contributed by atoms with Crippen molar-refractivity contribution in [1.29, 1.82) is 0 Å². The van der Waals surface area contributed by atoms with Crippen molar-refractivity contribution in [2.45, 2.75) is 39.0 Å². The summed E-state index contributed by atoms with van der Waals surface area (Å²) < 4.78 is 0.